The average Bonchev–Trinajstić information content (AvgIpc) is 2.69. The number of hydrogen-bond acceptors (Lipinski definition) is 4. The topological polar surface area (TPSA) is 48.5 Å². The minimum atomic E-state index is -0.0985. The largest absolute Gasteiger partial charge is 0.368 e. The van der Waals surface area contributed by atoms with Crippen LogP contribution in [0.5, 0.6) is 0 Å². The van der Waals surface area contributed by atoms with E-state index in [0.717, 1.165) is 44.8 Å². The first-order valence-electron chi connectivity index (χ1n) is 9.44. The maximum Gasteiger partial charge on any atom is 0.270 e. The normalized spacial score (nSPS) is 16.3. The first kappa shape index (κ1) is 18.4. The number of benzene rings is 1. The molecule has 0 spiro atoms. The van der Waals surface area contributed by atoms with E-state index < -0.39 is 0 Å². The van der Waals surface area contributed by atoms with Crippen molar-refractivity contribution in [3.05, 3.63) is 59.9 Å². The minimum Gasteiger partial charge on any atom is -0.368 e. The van der Waals surface area contributed by atoms with E-state index in [-0.39, 0.29) is 11.9 Å². The molecule has 0 saturated carbocycles. The van der Waals surface area contributed by atoms with Crippen LogP contribution >= 0.6 is 0 Å². The van der Waals surface area contributed by atoms with Crippen LogP contribution in [0.2, 0.25) is 0 Å². The number of nitrogens with zero attached hydrogens (tertiary/aromatic N) is 3. The van der Waals surface area contributed by atoms with E-state index >= 15 is 0 Å². The van der Waals surface area contributed by atoms with E-state index in [1.54, 1.807) is 0 Å². The van der Waals surface area contributed by atoms with Crippen LogP contribution < -0.4 is 10.2 Å². The van der Waals surface area contributed by atoms with Gasteiger partial charge in [-0.2, -0.15) is 0 Å². The quantitative estimate of drug-likeness (QED) is 0.868. The molecule has 1 fully saturated rings. The highest BCUT2D eigenvalue weighted by Gasteiger charge is 2.18. The summed E-state index contributed by atoms with van der Waals surface area (Å²) in [6, 6.07) is 14.6. The molecule has 1 aliphatic heterocycles. The van der Waals surface area contributed by atoms with Gasteiger partial charge in [-0.25, -0.2) is 4.98 Å². The molecule has 1 amide bonds. The van der Waals surface area contributed by atoms with Gasteiger partial charge in [0.15, 0.2) is 0 Å². The van der Waals surface area contributed by atoms with Crippen LogP contribution in [0.1, 0.15) is 36.3 Å². The Balaban J connectivity index is 1.52. The predicted molar refractivity (Wildman–Crippen MR) is 105 cm³/mol. The van der Waals surface area contributed by atoms with Gasteiger partial charge in [-0.3, -0.25) is 9.69 Å². The Hall–Kier alpha value is -2.40. The van der Waals surface area contributed by atoms with Gasteiger partial charge >= 0.3 is 0 Å². The molecular weight excluding hydrogens is 324 g/mol. The third-order valence-electron chi connectivity index (χ3n) is 4.96. The molecule has 1 atom stereocenters. The second-order valence-electron chi connectivity index (χ2n) is 6.93. The van der Waals surface area contributed by atoms with Crippen molar-refractivity contribution in [3.63, 3.8) is 0 Å². The lowest BCUT2D eigenvalue weighted by molar-refractivity contribution is 0.0934. The van der Waals surface area contributed by atoms with Gasteiger partial charge in [0.1, 0.15) is 5.69 Å². The van der Waals surface area contributed by atoms with Crippen molar-refractivity contribution in [1.29, 1.82) is 0 Å². The molecule has 3 rings (SSSR count). The molecule has 5 nitrogen and oxygen atoms in total. The molecule has 0 bridgehead atoms. The summed E-state index contributed by atoms with van der Waals surface area (Å²) < 4.78 is 0. The predicted octanol–water partition coefficient (Wildman–Crippen LogP) is 2.93. The Bertz CT molecular complexity index is 694. The lowest BCUT2D eigenvalue weighted by Crippen LogP contribution is -2.46. The van der Waals surface area contributed by atoms with Gasteiger partial charge in [-0.1, -0.05) is 37.3 Å². The number of carbonyl (C=O) groups excluding carboxylic acids is 1. The minimum absolute atomic E-state index is 0.0985. The Morgan fingerprint density at radius 3 is 2.46 bits per heavy atom. The molecule has 5 heteroatoms. The smallest absolute Gasteiger partial charge is 0.270 e. The molecule has 1 aromatic heterocycles. The van der Waals surface area contributed by atoms with Crippen molar-refractivity contribution >= 4 is 11.6 Å². The van der Waals surface area contributed by atoms with E-state index in [4.69, 9.17) is 0 Å². The highest BCUT2D eigenvalue weighted by molar-refractivity contribution is 5.92. The van der Waals surface area contributed by atoms with Gasteiger partial charge in [0, 0.05) is 38.8 Å². The Labute approximate surface area is 156 Å². The van der Waals surface area contributed by atoms with Crippen molar-refractivity contribution < 1.29 is 4.79 Å². The van der Waals surface area contributed by atoms with Crippen molar-refractivity contribution in [2.24, 2.45) is 0 Å². The molecule has 0 radical (unpaired) electrons. The third-order valence-corrected chi connectivity index (χ3v) is 4.96. The molecular formula is C21H28N4O. The van der Waals surface area contributed by atoms with Crippen LogP contribution in [0.25, 0.3) is 0 Å². The van der Waals surface area contributed by atoms with E-state index in [2.05, 4.69) is 57.4 Å². The molecule has 26 heavy (non-hydrogen) atoms. The summed E-state index contributed by atoms with van der Waals surface area (Å²) in [7, 11) is 0. The molecule has 1 unspecified atom stereocenters. The van der Waals surface area contributed by atoms with E-state index in [0.29, 0.717) is 5.69 Å². The SMILES string of the molecule is CCC(C)NC(=O)c1ccc(N2CCN(Cc3ccccc3)CC2)cn1. The van der Waals surface area contributed by atoms with Crippen LogP contribution in [-0.4, -0.2) is 48.0 Å². The van der Waals surface area contributed by atoms with E-state index in [1.165, 1.54) is 5.56 Å². The lowest BCUT2D eigenvalue weighted by atomic mass is 10.2. The van der Waals surface area contributed by atoms with Crippen LogP contribution in [0.15, 0.2) is 48.7 Å². The Morgan fingerprint density at radius 2 is 1.85 bits per heavy atom. The first-order chi connectivity index (χ1) is 12.7. The van der Waals surface area contributed by atoms with Gasteiger partial charge in [-0.15, -0.1) is 0 Å². The summed E-state index contributed by atoms with van der Waals surface area (Å²) in [5.74, 6) is -0.0985. The number of aromatic nitrogens is 1. The standard InChI is InChI=1S/C21H28N4O/c1-3-17(2)23-21(26)20-10-9-19(15-22-20)25-13-11-24(12-14-25)16-18-7-5-4-6-8-18/h4-10,15,17H,3,11-14,16H2,1-2H3,(H,23,26). The van der Waals surface area contributed by atoms with Crippen LogP contribution in [-0.2, 0) is 6.54 Å². The van der Waals surface area contributed by atoms with Gasteiger partial charge in [-0.05, 0) is 31.0 Å². The summed E-state index contributed by atoms with van der Waals surface area (Å²) in [5, 5.41) is 2.95. The maximum absolute atomic E-state index is 12.1. The maximum atomic E-state index is 12.1. The van der Waals surface area contributed by atoms with Crippen LogP contribution in [0.3, 0.4) is 0 Å². The van der Waals surface area contributed by atoms with Crippen molar-refractivity contribution in [2.75, 3.05) is 31.1 Å². The average molecular weight is 352 g/mol. The van der Waals surface area contributed by atoms with Crippen LogP contribution in [0, 0.1) is 0 Å². The number of rotatable bonds is 6. The number of pyridine rings is 1. The molecule has 1 saturated heterocycles. The number of hydrogen-bond donors (Lipinski definition) is 1. The number of piperazine rings is 1. The molecule has 0 aliphatic carbocycles. The van der Waals surface area contributed by atoms with Gasteiger partial charge in [0.2, 0.25) is 0 Å². The van der Waals surface area contributed by atoms with Crippen molar-refractivity contribution in [3.8, 4) is 0 Å². The zero-order valence-electron chi connectivity index (χ0n) is 15.7. The first-order valence-corrected chi connectivity index (χ1v) is 9.44. The molecule has 1 aliphatic rings. The fraction of sp³-hybridized carbons (Fsp3) is 0.429. The summed E-state index contributed by atoms with van der Waals surface area (Å²) in [5.41, 5.74) is 2.93. The summed E-state index contributed by atoms with van der Waals surface area (Å²) in [6.45, 7) is 9.08. The highest BCUT2D eigenvalue weighted by atomic mass is 16.1. The second kappa shape index (κ2) is 8.81. The fourth-order valence-corrected chi connectivity index (χ4v) is 3.11. The highest BCUT2D eigenvalue weighted by Crippen LogP contribution is 2.17. The number of nitrogens with one attached hydrogen (secondary N) is 1. The third kappa shape index (κ3) is 4.82. The van der Waals surface area contributed by atoms with Crippen molar-refractivity contribution in [1.82, 2.24) is 15.2 Å². The fourth-order valence-electron chi connectivity index (χ4n) is 3.11. The zero-order chi connectivity index (χ0) is 18.4. The Kier molecular flexibility index (Phi) is 6.23. The Morgan fingerprint density at radius 1 is 1.12 bits per heavy atom. The van der Waals surface area contributed by atoms with Gasteiger partial charge in [0.05, 0.1) is 11.9 Å². The summed E-state index contributed by atoms with van der Waals surface area (Å²) >= 11 is 0. The van der Waals surface area contributed by atoms with E-state index in [9.17, 15) is 4.79 Å². The molecule has 2 aromatic rings. The lowest BCUT2D eigenvalue weighted by Gasteiger charge is -2.36. The number of carbonyl (C=O) groups is 1. The number of anilines is 1. The van der Waals surface area contributed by atoms with Crippen molar-refractivity contribution in [2.45, 2.75) is 32.9 Å². The summed E-state index contributed by atoms with van der Waals surface area (Å²) in [6.07, 6.45) is 2.73. The monoisotopic (exact) mass is 352 g/mol. The molecule has 2 heterocycles. The van der Waals surface area contributed by atoms with Gasteiger partial charge < -0.3 is 10.2 Å². The number of amides is 1. The van der Waals surface area contributed by atoms with Crippen LogP contribution in [0.4, 0.5) is 5.69 Å². The van der Waals surface area contributed by atoms with E-state index in [1.807, 2.05) is 25.3 Å². The molecule has 1 aromatic carbocycles. The summed E-state index contributed by atoms with van der Waals surface area (Å²) in [4.78, 5) is 21.3. The van der Waals surface area contributed by atoms with Gasteiger partial charge in [0.25, 0.3) is 5.91 Å². The molecule has 1 N–H and O–H groups in total. The zero-order valence-corrected chi connectivity index (χ0v) is 15.7. The molecule has 138 valence electrons. The second-order valence-corrected chi connectivity index (χ2v) is 6.93.